The first-order chi connectivity index (χ1) is 13.8. The number of rotatable bonds is 11. The van der Waals surface area contributed by atoms with E-state index in [1.807, 2.05) is 6.92 Å². The fourth-order valence-corrected chi connectivity index (χ4v) is 3.73. The van der Waals surface area contributed by atoms with Gasteiger partial charge in [-0.3, -0.25) is 4.72 Å². The zero-order chi connectivity index (χ0) is 21.4. The predicted molar refractivity (Wildman–Crippen MR) is 109 cm³/mol. The molecule has 0 radical (unpaired) electrons. The number of aryl methyl sites for hydroxylation is 1. The van der Waals surface area contributed by atoms with Gasteiger partial charge in [-0.05, 0) is 24.1 Å². The normalized spacial score (nSPS) is 11.1. The largest absolute Gasteiger partial charge is 0.493 e. The average molecular weight is 423 g/mol. The van der Waals surface area contributed by atoms with Crippen LogP contribution in [0.5, 0.6) is 11.5 Å². The van der Waals surface area contributed by atoms with E-state index in [9.17, 15) is 18.3 Å². The van der Waals surface area contributed by atoms with Crippen molar-refractivity contribution in [3.05, 3.63) is 47.5 Å². The minimum Gasteiger partial charge on any atom is -0.493 e. The maximum Gasteiger partial charge on any atom is 0.337 e. The monoisotopic (exact) mass is 423 g/mol. The van der Waals surface area contributed by atoms with Crippen LogP contribution in [0.25, 0.3) is 0 Å². The van der Waals surface area contributed by atoms with Gasteiger partial charge in [0.2, 0.25) is 0 Å². The molecule has 0 aliphatic rings. The predicted octanol–water partition coefficient (Wildman–Crippen LogP) is 3.17. The number of hydrogen-bond donors (Lipinski definition) is 2. The number of sulfonamides is 1. The van der Waals surface area contributed by atoms with Crippen molar-refractivity contribution in [1.29, 1.82) is 0 Å². The first-order valence-electron chi connectivity index (χ1n) is 9.01. The van der Waals surface area contributed by atoms with Crippen molar-refractivity contribution in [3.63, 3.8) is 0 Å². The van der Waals surface area contributed by atoms with Gasteiger partial charge in [-0.25, -0.2) is 13.2 Å². The highest BCUT2D eigenvalue weighted by atomic mass is 32.2. The molecule has 2 N–H and O–H groups in total. The van der Waals surface area contributed by atoms with E-state index in [0.717, 1.165) is 18.4 Å². The number of aromatic carboxylic acids is 1. The SMILES string of the molecule is CCCc1ccc(S(=O)(=O)Nc2cc(OCCOC)c(OC)cc2C(=O)O)cc1. The summed E-state index contributed by atoms with van der Waals surface area (Å²) in [5.74, 6) is -0.932. The third-order valence-corrected chi connectivity index (χ3v) is 5.48. The van der Waals surface area contributed by atoms with E-state index >= 15 is 0 Å². The Bertz CT molecular complexity index is 940. The van der Waals surface area contributed by atoms with Crippen LogP contribution in [0, 0.1) is 0 Å². The standard InChI is InChI=1S/C20H25NO7S/c1-4-5-14-6-8-15(9-7-14)29(24,25)21-17-13-19(28-11-10-26-2)18(27-3)12-16(17)20(22)23/h6-9,12-13,21H,4-5,10-11H2,1-3H3,(H,22,23). The average Bonchev–Trinajstić information content (AvgIpc) is 2.68. The Labute approximate surface area is 170 Å². The van der Waals surface area contributed by atoms with Crippen molar-refractivity contribution in [2.45, 2.75) is 24.7 Å². The van der Waals surface area contributed by atoms with Crippen LogP contribution in [-0.4, -0.2) is 46.9 Å². The first-order valence-corrected chi connectivity index (χ1v) is 10.5. The van der Waals surface area contributed by atoms with Gasteiger partial charge in [0, 0.05) is 19.2 Å². The van der Waals surface area contributed by atoms with Gasteiger partial charge in [0.05, 0.1) is 29.9 Å². The van der Waals surface area contributed by atoms with Crippen molar-refractivity contribution < 1.29 is 32.5 Å². The Balaban J connectivity index is 2.40. The number of anilines is 1. The number of carboxylic acids is 1. The van der Waals surface area contributed by atoms with Gasteiger partial charge in [-0.1, -0.05) is 25.5 Å². The molecular weight excluding hydrogens is 398 g/mol. The summed E-state index contributed by atoms with van der Waals surface area (Å²) in [6, 6.07) is 8.97. The molecule has 0 aromatic heterocycles. The molecule has 9 heteroatoms. The van der Waals surface area contributed by atoms with Gasteiger partial charge in [0.15, 0.2) is 11.5 Å². The molecule has 0 atom stereocenters. The number of carbonyl (C=O) groups is 1. The summed E-state index contributed by atoms with van der Waals surface area (Å²) in [5, 5.41) is 9.50. The van der Waals surface area contributed by atoms with Crippen LogP contribution in [0.1, 0.15) is 29.3 Å². The van der Waals surface area contributed by atoms with Gasteiger partial charge < -0.3 is 19.3 Å². The summed E-state index contributed by atoms with van der Waals surface area (Å²) >= 11 is 0. The second kappa shape index (κ2) is 10.1. The van der Waals surface area contributed by atoms with Crippen LogP contribution in [0.4, 0.5) is 5.69 Å². The molecule has 2 aromatic rings. The summed E-state index contributed by atoms with van der Waals surface area (Å²) in [4.78, 5) is 11.7. The summed E-state index contributed by atoms with van der Waals surface area (Å²) in [7, 11) is -1.12. The lowest BCUT2D eigenvalue weighted by molar-refractivity contribution is 0.0697. The highest BCUT2D eigenvalue weighted by Crippen LogP contribution is 2.34. The second-order valence-corrected chi connectivity index (χ2v) is 7.88. The Morgan fingerprint density at radius 2 is 1.76 bits per heavy atom. The molecule has 0 spiro atoms. The lowest BCUT2D eigenvalue weighted by Gasteiger charge is -2.16. The lowest BCUT2D eigenvalue weighted by atomic mass is 10.1. The molecule has 29 heavy (non-hydrogen) atoms. The van der Waals surface area contributed by atoms with Crippen LogP contribution >= 0.6 is 0 Å². The Hall–Kier alpha value is -2.78. The highest BCUT2D eigenvalue weighted by Gasteiger charge is 2.22. The third-order valence-electron chi connectivity index (χ3n) is 4.10. The quantitative estimate of drug-likeness (QED) is 0.534. The summed E-state index contributed by atoms with van der Waals surface area (Å²) < 4.78 is 43.5. The van der Waals surface area contributed by atoms with Gasteiger partial charge in [-0.15, -0.1) is 0 Å². The fraction of sp³-hybridized carbons (Fsp3) is 0.350. The number of hydrogen-bond acceptors (Lipinski definition) is 6. The number of benzene rings is 2. The molecule has 0 aliphatic carbocycles. The molecule has 158 valence electrons. The minimum absolute atomic E-state index is 0.0337. The molecule has 2 aromatic carbocycles. The van der Waals surface area contributed by atoms with Gasteiger partial charge >= 0.3 is 5.97 Å². The van der Waals surface area contributed by atoms with E-state index in [1.165, 1.54) is 38.5 Å². The highest BCUT2D eigenvalue weighted by molar-refractivity contribution is 7.92. The minimum atomic E-state index is -4.00. The van der Waals surface area contributed by atoms with Crippen molar-refractivity contribution in [3.8, 4) is 11.5 Å². The van der Waals surface area contributed by atoms with Crippen LogP contribution in [0.2, 0.25) is 0 Å². The number of ether oxygens (including phenoxy) is 3. The molecule has 8 nitrogen and oxygen atoms in total. The summed E-state index contributed by atoms with van der Waals surface area (Å²) in [6.07, 6.45) is 1.79. The van der Waals surface area contributed by atoms with Crippen molar-refractivity contribution in [2.75, 3.05) is 32.2 Å². The zero-order valence-electron chi connectivity index (χ0n) is 16.6. The van der Waals surface area contributed by atoms with E-state index in [4.69, 9.17) is 14.2 Å². The summed E-state index contributed by atoms with van der Waals surface area (Å²) in [5.41, 5.74) is 0.645. The Kier molecular flexibility index (Phi) is 7.86. The molecule has 0 amide bonds. The molecule has 0 aliphatic heterocycles. The first kappa shape index (κ1) is 22.5. The molecule has 0 bridgehead atoms. The van der Waals surface area contributed by atoms with Crippen molar-refractivity contribution in [1.82, 2.24) is 0 Å². The summed E-state index contributed by atoms with van der Waals surface area (Å²) in [6.45, 7) is 2.52. The third kappa shape index (κ3) is 5.85. The Morgan fingerprint density at radius 1 is 1.07 bits per heavy atom. The van der Waals surface area contributed by atoms with E-state index in [2.05, 4.69) is 4.72 Å². The van der Waals surface area contributed by atoms with Crippen LogP contribution < -0.4 is 14.2 Å². The lowest BCUT2D eigenvalue weighted by Crippen LogP contribution is -2.16. The zero-order valence-corrected chi connectivity index (χ0v) is 17.4. The van der Waals surface area contributed by atoms with Gasteiger partial charge in [0.25, 0.3) is 10.0 Å². The van der Waals surface area contributed by atoms with Crippen LogP contribution in [0.15, 0.2) is 41.3 Å². The van der Waals surface area contributed by atoms with Crippen LogP contribution in [-0.2, 0) is 21.2 Å². The van der Waals surface area contributed by atoms with Crippen molar-refractivity contribution >= 4 is 21.7 Å². The maximum atomic E-state index is 12.8. The topological polar surface area (TPSA) is 111 Å². The van der Waals surface area contributed by atoms with E-state index in [0.29, 0.717) is 6.61 Å². The van der Waals surface area contributed by atoms with E-state index in [1.54, 1.807) is 12.1 Å². The molecular formula is C20H25NO7S. The fourth-order valence-electron chi connectivity index (χ4n) is 2.66. The molecule has 0 heterocycles. The number of methoxy groups -OCH3 is 2. The van der Waals surface area contributed by atoms with Gasteiger partial charge in [0.1, 0.15) is 6.61 Å². The molecule has 0 saturated heterocycles. The maximum absolute atomic E-state index is 12.8. The molecule has 0 unspecified atom stereocenters. The van der Waals surface area contributed by atoms with E-state index in [-0.39, 0.29) is 34.3 Å². The van der Waals surface area contributed by atoms with Crippen LogP contribution in [0.3, 0.4) is 0 Å². The smallest absolute Gasteiger partial charge is 0.337 e. The molecule has 0 fully saturated rings. The molecule has 2 rings (SSSR count). The Morgan fingerprint density at radius 3 is 2.31 bits per heavy atom. The molecule has 0 saturated carbocycles. The number of nitrogens with one attached hydrogen (secondary N) is 1. The van der Waals surface area contributed by atoms with E-state index < -0.39 is 16.0 Å². The second-order valence-electron chi connectivity index (χ2n) is 6.19. The number of carboxylic acid groups (broad SMARTS) is 1. The van der Waals surface area contributed by atoms with Gasteiger partial charge in [-0.2, -0.15) is 0 Å². The van der Waals surface area contributed by atoms with Crippen molar-refractivity contribution in [2.24, 2.45) is 0 Å².